The summed E-state index contributed by atoms with van der Waals surface area (Å²) in [6.07, 6.45) is 9.18. The molecule has 0 radical (unpaired) electrons. The van der Waals surface area contributed by atoms with Crippen molar-refractivity contribution in [3.63, 3.8) is 0 Å². The second kappa shape index (κ2) is 4.20. The summed E-state index contributed by atoms with van der Waals surface area (Å²) in [5, 5.41) is 0. The highest BCUT2D eigenvalue weighted by atomic mass is 16.1. The van der Waals surface area contributed by atoms with E-state index in [1.165, 1.54) is 5.57 Å². The normalized spacial score (nSPS) is 35.1. The summed E-state index contributed by atoms with van der Waals surface area (Å²) < 4.78 is 0. The quantitative estimate of drug-likeness (QED) is 0.610. The summed E-state index contributed by atoms with van der Waals surface area (Å²) in [4.78, 5) is 12.4. The largest absolute Gasteiger partial charge is 0.299 e. The first-order valence-electron chi connectivity index (χ1n) is 6.43. The third-order valence-corrected chi connectivity index (χ3v) is 4.28. The van der Waals surface area contributed by atoms with E-state index in [0.29, 0.717) is 17.6 Å². The zero-order chi connectivity index (χ0) is 11.8. The van der Waals surface area contributed by atoms with Crippen LogP contribution in [0.2, 0.25) is 0 Å². The zero-order valence-corrected chi connectivity index (χ0v) is 10.5. The van der Waals surface area contributed by atoms with E-state index in [2.05, 4.69) is 32.6 Å². The number of rotatable bonds is 1. The Hall–Kier alpha value is -0.850. The van der Waals surface area contributed by atoms with E-state index < -0.39 is 0 Å². The van der Waals surface area contributed by atoms with E-state index in [0.717, 1.165) is 32.1 Å². The zero-order valence-electron chi connectivity index (χ0n) is 10.5. The van der Waals surface area contributed by atoms with Crippen molar-refractivity contribution < 1.29 is 4.79 Å². The van der Waals surface area contributed by atoms with Gasteiger partial charge in [-0.2, -0.15) is 0 Å². The van der Waals surface area contributed by atoms with Gasteiger partial charge >= 0.3 is 0 Å². The minimum absolute atomic E-state index is 0.0990. The van der Waals surface area contributed by atoms with Gasteiger partial charge in [-0.3, -0.25) is 4.79 Å². The summed E-state index contributed by atoms with van der Waals surface area (Å²) in [6.45, 7) is 8.57. The Balaban J connectivity index is 2.35. The van der Waals surface area contributed by atoms with Crippen molar-refractivity contribution in [1.29, 1.82) is 0 Å². The molecule has 1 heteroatoms. The predicted molar refractivity (Wildman–Crippen MR) is 67.1 cm³/mol. The van der Waals surface area contributed by atoms with Crippen LogP contribution in [0.15, 0.2) is 24.3 Å². The summed E-state index contributed by atoms with van der Waals surface area (Å²) in [6, 6.07) is 0. The Morgan fingerprint density at radius 3 is 2.88 bits per heavy atom. The molecule has 0 amide bonds. The topological polar surface area (TPSA) is 17.1 Å². The van der Waals surface area contributed by atoms with E-state index in [1.807, 2.05) is 0 Å². The predicted octanol–water partition coefficient (Wildman–Crippen LogP) is 3.90. The minimum atomic E-state index is -0.0990. The molecule has 0 saturated heterocycles. The summed E-state index contributed by atoms with van der Waals surface area (Å²) in [5.41, 5.74) is 1.18. The van der Waals surface area contributed by atoms with Gasteiger partial charge in [0.25, 0.3) is 0 Å². The molecule has 2 atom stereocenters. The van der Waals surface area contributed by atoms with Gasteiger partial charge in [0.2, 0.25) is 0 Å². The minimum Gasteiger partial charge on any atom is -0.299 e. The standard InChI is InChI=1S/C15H22O/c1-11(2)13-6-4-5-9-15(13)10-12(3)7-8-14(15)16/h4,6,11,13H,3,5,7-10H2,1-2H3. The molecular formula is C15H22O. The molecule has 0 aromatic heterocycles. The fraction of sp³-hybridized carbons (Fsp3) is 0.667. The second-order valence-electron chi connectivity index (χ2n) is 5.74. The fourth-order valence-electron chi connectivity index (χ4n) is 3.50. The van der Waals surface area contributed by atoms with Crippen molar-refractivity contribution in [2.24, 2.45) is 17.3 Å². The number of hydrogen-bond acceptors (Lipinski definition) is 1. The van der Waals surface area contributed by atoms with Crippen molar-refractivity contribution in [3.05, 3.63) is 24.3 Å². The number of allylic oxidation sites excluding steroid dienone is 3. The highest BCUT2D eigenvalue weighted by Crippen LogP contribution is 2.50. The lowest BCUT2D eigenvalue weighted by Gasteiger charge is -2.45. The SMILES string of the molecule is C=C1CCC(=O)C2(CCC=CC2C(C)C)C1. The smallest absolute Gasteiger partial charge is 0.140 e. The van der Waals surface area contributed by atoms with E-state index >= 15 is 0 Å². The Morgan fingerprint density at radius 2 is 2.19 bits per heavy atom. The molecule has 2 aliphatic carbocycles. The van der Waals surface area contributed by atoms with Crippen molar-refractivity contribution in [2.75, 3.05) is 0 Å². The lowest BCUT2D eigenvalue weighted by atomic mass is 9.57. The summed E-state index contributed by atoms with van der Waals surface area (Å²) in [7, 11) is 0. The Morgan fingerprint density at radius 1 is 1.44 bits per heavy atom. The van der Waals surface area contributed by atoms with Crippen LogP contribution in [-0.4, -0.2) is 5.78 Å². The number of hydrogen-bond donors (Lipinski definition) is 0. The van der Waals surface area contributed by atoms with Crippen LogP contribution in [0.3, 0.4) is 0 Å². The first kappa shape index (κ1) is 11.6. The van der Waals surface area contributed by atoms with Crippen molar-refractivity contribution in [2.45, 2.75) is 46.0 Å². The molecule has 1 saturated carbocycles. The van der Waals surface area contributed by atoms with Gasteiger partial charge in [-0.1, -0.05) is 38.2 Å². The average molecular weight is 218 g/mol. The molecule has 88 valence electrons. The maximum atomic E-state index is 12.4. The van der Waals surface area contributed by atoms with Gasteiger partial charge in [-0.25, -0.2) is 0 Å². The maximum Gasteiger partial charge on any atom is 0.140 e. The van der Waals surface area contributed by atoms with Gasteiger partial charge in [0.15, 0.2) is 0 Å². The highest BCUT2D eigenvalue weighted by molar-refractivity contribution is 5.87. The van der Waals surface area contributed by atoms with Gasteiger partial charge < -0.3 is 0 Å². The molecule has 1 spiro atoms. The van der Waals surface area contributed by atoms with Gasteiger partial charge in [-0.15, -0.1) is 0 Å². The van der Waals surface area contributed by atoms with E-state index in [-0.39, 0.29) is 5.41 Å². The summed E-state index contributed by atoms with van der Waals surface area (Å²) >= 11 is 0. The van der Waals surface area contributed by atoms with E-state index in [1.54, 1.807) is 0 Å². The van der Waals surface area contributed by atoms with Crippen molar-refractivity contribution >= 4 is 5.78 Å². The lowest BCUT2D eigenvalue weighted by molar-refractivity contribution is -0.134. The molecule has 0 heterocycles. The van der Waals surface area contributed by atoms with E-state index in [4.69, 9.17) is 0 Å². The molecule has 0 bridgehead atoms. The maximum absolute atomic E-state index is 12.4. The molecule has 0 aromatic rings. The Labute approximate surface area is 98.6 Å². The molecule has 1 nitrogen and oxygen atoms in total. The first-order chi connectivity index (χ1) is 7.56. The van der Waals surface area contributed by atoms with Crippen LogP contribution in [0.1, 0.15) is 46.0 Å². The monoisotopic (exact) mass is 218 g/mol. The van der Waals surface area contributed by atoms with Crippen molar-refractivity contribution in [3.8, 4) is 0 Å². The van der Waals surface area contributed by atoms with Crippen LogP contribution in [0, 0.1) is 17.3 Å². The molecule has 1 fully saturated rings. The molecule has 2 aliphatic rings. The Kier molecular flexibility index (Phi) is 3.05. The molecule has 0 aliphatic heterocycles. The Bertz CT molecular complexity index is 337. The van der Waals surface area contributed by atoms with Crippen molar-refractivity contribution in [1.82, 2.24) is 0 Å². The van der Waals surface area contributed by atoms with Gasteiger partial charge in [0.05, 0.1) is 0 Å². The highest BCUT2D eigenvalue weighted by Gasteiger charge is 2.47. The lowest BCUT2D eigenvalue weighted by Crippen LogP contribution is -2.44. The molecule has 2 rings (SSSR count). The fourth-order valence-corrected chi connectivity index (χ4v) is 3.50. The number of ketones is 1. The molecule has 2 unspecified atom stereocenters. The van der Waals surface area contributed by atoms with Crippen LogP contribution in [0.4, 0.5) is 0 Å². The summed E-state index contributed by atoms with van der Waals surface area (Å²) in [5.74, 6) is 1.46. The number of carbonyl (C=O) groups is 1. The molecule has 16 heavy (non-hydrogen) atoms. The van der Waals surface area contributed by atoms with Crippen LogP contribution < -0.4 is 0 Å². The molecule has 0 N–H and O–H groups in total. The molecular weight excluding hydrogens is 196 g/mol. The third-order valence-electron chi connectivity index (χ3n) is 4.28. The second-order valence-corrected chi connectivity index (χ2v) is 5.74. The first-order valence-corrected chi connectivity index (χ1v) is 6.43. The average Bonchev–Trinajstić information content (AvgIpc) is 2.24. The number of Topliss-reactive ketones (excluding diaryl/α,β-unsaturated/α-hetero) is 1. The van der Waals surface area contributed by atoms with Crippen LogP contribution in [-0.2, 0) is 4.79 Å². The van der Waals surface area contributed by atoms with Crippen LogP contribution >= 0.6 is 0 Å². The van der Waals surface area contributed by atoms with Crippen LogP contribution in [0.25, 0.3) is 0 Å². The van der Waals surface area contributed by atoms with E-state index in [9.17, 15) is 4.79 Å². The van der Waals surface area contributed by atoms with Gasteiger partial charge in [-0.05, 0) is 37.5 Å². The van der Waals surface area contributed by atoms with Gasteiger partial charge in [0, 0.05) is 11.8 Å². The third kappa shape index (κ3) is 1.77. The number of carbonyl (C=O) groups excluding carboxylic acids is 1. The van der Waals surface area contributed by atoms with Crippen LogP contribution in [0.5, 0.6) is 0 Å². The molecule has 0 aromatic carbocycles. The van der Waals surface area contributed by atoms with Gasteiger partial charge in [0.1, 0.15) is 5.78 Å².